The quantitative estimate of drug-likeness (QED) is 0.872. The largest absolute Gasteiger partial charge is 0.375 e. The van der Waals surface area contributed by atoms with Crippen molar-refractivity contribution < 1.29 is 14.3 Å². The molecule has 2 heterocycles. The second-order valence-corrected chi connectivity index (χ2v) is 6.11. The number of hydrogen-bond donors (Lipinski definition) is 1. The van der Waals surface area contributed by atoms with Crippen molar-refractivity contribution in [2.75, 3.05) is 33.4 Å². The molecule has 8 heteroatoms. The minimum atomic E-state index is -0.335. The number of hydrogen-bond acceptors (Lipinski definition) is 5. The van der Waals surface area contributed by atoms with E-state index in [0.717, 1.165) is 6.42 Å². The molecule has 1 aromatic rings. The molecule has 2 amide bonds. The predicted octanol–water partition coefficient (Wildman–Crippen LogP) is 0.518. The standard InChI is InChI=1S/C15H25N5O3/c1-10(2)15(22)20-7-5-6-19(13(21)9-23-4)8-12(20)14-16-11(3)17-18-14/h10,12H,5-9H2,1-4H3,(H,16,17,18). The molecule has 0 aliphatic carbocycles. The van der Waals surface area contributed by atoms with Gasteiger partial charge in [0.05, 0.1) is 0 Å². The fraction of sp³-hybridized carbons (Fsp3) is 0.733. The van der Waals surface area contributed by atoms with Gasteiger partial charge in [-0.2, -0.15) is 5.10 Å². The van der Waals surface area contributed by atoms with Gasteiger partial charge in [0.15, 0.2) is 5.82 Å². The van der Waals surface area contributed by atoms with Crippen molar-refractivity contribution in [3.8, 4) is 0 Å². The highest BCUT2D eigenvalue weighted by atomic mass is 16.5. The minimum Gasteiger partial charge on any atom is -0.375 e. The molecule has 2 rings (SSSR count). The van der Waals surface area contributed by atoms with Gasteiger partial charge in [-0.25, -0.2) is 4.98 Å². The molecule has 0 aromatic carbocycles. The van der Waals surface area contributed by atoms with Gasteiger partial charge < -0.3 is 14.5 Å². The summed E-state index contributed by atoms with van der Waals surface area (Å²) in [5.74, 6) is 1.10. The van der Waals surface area contributed by atoms with Gasteiger partial charge in [0.25, 0.3) is 0 Å². The Labute approximate surface area is 136 Å². The van der Waals surface area contributed by atoms with Crippen LogP contribution in [0.1, 0.15) is 38.0 Å². The van der Waals surface area contributed by atoms with Crippen LogP contribution < -0.4 is 0 Å². The third-order valence-corrected chi connectivity index (χ3v) is 3.91. The molecule has 1 unspecified atom stereocenters. The van der Waals surface area contributed by atoms with E-state index in [-0.39, 0.29) is 30.4 Å². The molecule has 1 aromatic heterocycles. The lowest BCUT2D eigenvalue weighted by molar-refractivity contribution is -0.139. The van der Waals surface area contributed by atoms with Crippen LogP contribution in [0.25, 0.3) is 0 Å². The van der Waals surface area contributed by atoms with Crippen LogP contribution in [0, 0.1) is 12.8 Å². The average Bonchev–Trinajstić information content (AvgIpc) is 2.81. The van der Waals surface area contributed by atoms with E-state index in [4.69, 9.17) is 4.74 Å². The van der Waals surface area contributed by atoms with Crippen LogP contribution in [0.4, 0.5) is 0 Å². The number of carbonyl (C=O) groups excluding carboxylic acids is 2. The number of nitrogens with one attached hydrogen (secondary N) is 1. The lowest BCUT2D eigenvalue weighted by Gasteiger charge is -2.31. The van der Waals surface area contributed by atoms with Gasteiger partial charge in [0.1, 0.15) is 18.5 Å². The summed E-state index contributed by atoms with van der Waals surface area (Å²) in [4.78, 5) is 32.7. The molecule has 23 heavy (non-hydrogen) atoms. The molecule has 0 radical (unpaired) electrons. The highest BCUT2D eigenvalue weighted by molar-refractivity contribution is 5.79. The Morgan fingerprint density at radius 3 is 2.70 bits per heavy atom. The topological polar surface area (TPSA) is 91.4 Å². The van der Waals surface area contributed by atoms with E-state index < -0.39 is 0 Å². The van der Waals surface area contributed by atoms with Crippen LogP contribution in [0.2, 0.25) is 0 Å². The summed E-state index contributed by atoms with van der Waals surface area (Å²) in [6, 6.07) is -0.335. The third-order valence-electron chi connectivity index (χ3n) is 3.91. The Balaban J connectivity index is 2.28. The SMILES string of the molecule is COCC(=O)N1CCCN(C(=O)C(C)C)C(c2n[nH]c(C)n2)C1. The zero-order valence-electron chi connectivity index (χ0n) is 14.2. The van der Waals surface area contributed by atoms with Crippen molar-refractivity contribution in [1.29, 1.82) is 0 Å². The van der Waals surface area contributed by atoms with Crippen molar-refractivity contribution >= 4 is 11.8 Å². The predicted molar refractivity (Wildman–Crippen MR) is 83.5 cm³/mol. The van der Waals surface area contributed by atoms with Crippen LogP contribution in [-0.4, -0.2) is 70.1 Å². The number of aromatic amines is 1. The first-order valence-corrected chi connectivity index (χ1v) is 7.90. The van der Waals surface area contributed by atoms with Crippen molar-refractivity contribution in [3.63, 3.8) is 0 Å². The van der Waals surface area contributed by atoms with Crippen LogP contribution in [-0.2, 0) is 14.3 Å². The smallest absolute Gasteiger partial charge is 0.248 e. The fourth-order valence-electron chi connectivity index (χ4n) is 2.75. The minimum absolute atomic E-state index is 0.0396. The first-order chi connectivity index (χ1) is 10.9. The van der Waals surface area contributed by atoms with Crippen molar-refractivity contribution in [3.05, 3.63) is 11.6 Å². The number of H-pyrrole nitrogens is 1. The molecule has 0 saturated carbocycles. The molecule has 0 spiro atoms. The third kappa shape index (κ3) is 4.07. The summed E-state index contributed by atoms with van der Waals surface area (Å²) in [6.45, 7) is 7.18. The zero-order valence-corrected chi connectivity index (χ0v) is 14.2. The van der Waals surface area contributed by atoms with Crippen LogP contribution in [0.15, 0.2) is 0 Å². The first-order valence-electron chi connectivity index (χ1n) is 7.90. The Bertz CT molecular complexity index is 557. The summed E-state index contributed by atoms with van der Waals surface area (Å²) in [5.41, 5.74) is 0. The maximum absolute atomic E-state index is 12.6. The molecule has 128 valence electrons. The highest BCUT2D eigenvalue weighted by Crippen LogP contribution is 2.24. The maximum Gasteiger partial charge on any atom is 0.248 e. The molecule has 1 aliphatic heterocycles. The molecule has 1 fully saturated rings. The fourth-order valence-corrected chi connectivity index (χ4v) is 2.75. The van der Waals surface area contributed by atoms with Crippen molar-refractivity contribution in [2.45, 2.75) is 33.2 Å². The second kappa shape index (κ2) is 7.54. The van der Waals surface area contributed by atoms with E-state index in [2.05, 4.69) is 15.2 Å². The Morgan fingerprint density at radius 1 is 1.39 bits per heavy atom. The number of aryl methyl sites for hydroxylation is 1. The van der Waals surface area contributed by atoms with Crippen LogP contribution in [0.5, 0.6) is 0 Å². The van der Waals surface area contributed by atoms with Gasteiger partial charge in [0, 0.05) is 32.7 Å². The van der Waals surface area contributed by atoms with E-state index in [9.17, 15) is 9.59 Å². The van der Waals surface area contributed by atoms with Gasteiger partial charge in [-0.3, -0.25) is 14.7 Å². The number of aromatic nitrogens is 3. The van der Waals surface area contributed by atoms with Crippen molar-refractivity contribution in [1.82, 2.24) is 25.0 Å². The normalized spacial score (nSPS) is 19.1. The number of carbonyl (C=O) groups is 2. The first kappa shape index (κ1) is 17.4. The summed E-state index contributed by atoms with van der Waals surface area (Å²) >= 11 is 0. The van der Waals surface area contributed by atoms with Gasteiger partial charge in [-0.05, 0) is 13.3 Å². The Morgan fingerprint density at radius 2 is 2.13 bits per heavy atom. The average molecular weight is 323 g/mol. The lowest BCUT2D eigenvalue weighted by atomic mass is 10.1. The zero-order chi connectivity index (χ0) is 17.0. The van der Waals surface area contributed by atoms with Gasteiger partial charge in [-0.1, -0.05) is 13.8 Å². The van der Waals surface area contributed by atoms with Crippen molar-refractivity contribution in [2.24, 2.45) is 5.92 Å². The molecular formula is C15H25N5O3. The van der Waals surface area contributed by atoms with E-state index in [1.54, 1.807) is 9.80 Å². The number of nitrogens with zero attached hydrogens (tertiary/aromatic N) is 4. The molecule has 1 saturated heterocycles. The Hall–Kier alpha value is -1.96. The maximum atomic E-state index is 12.6. The van der Waals surface area contributed by atoms with Crippen LogP contribution >= 0.6 is 0 Å². The number of ether oxygens (including phenoxy) is 1. The molecule has 1 N–H and O–H groups in total. The molecule has 1 atom stereocenters. The summed E-state index contributed by atoms with van der Waals surface area (Å²) < 4.78 is 4.95. The van der Waals surface area contributed by atoms with Gasteiger partial charge in [0.2, 0.25) is 11.8 Å². The molecule has 0 bridgehead atoms. The second-order valence-electron chi connectivity index (χ2n) is 6.11. The van der Waals surface area contributed by atoms with E-state index >= 15 is 0 Å². The van der Waals surface area contributed by atoms with E-state index in [1.165, 1.54) is 7.11 Å². The highest BCUT2D eigenvalue weighted by Gasteiger charge is 2.34. The Kier molecular flexibility index (Phi) is 5.70. The summed E-state index contributed by atoms with van der Waals surface area (Å²) in [5, 5.41) is 7.03. The molecular weight excluding hydrogens is 298 g/mol. The summed E-state index contributed by atoms with van der Waals surface area (Å²) in [6.07, 6.45) is 0.730. The summed E-state index contributed by atoms with van der Waals surface area (Å²) in [7, 11) is 1.50. The van der Waals surface area contributed by atoms with Gasteiger partial charge >= 0.3 is 0 Å². The molecule has 1 aliphatic rings. The van der Waals surface area contributed by atoms with Gasteiger partial charge in [-0.15, -0.1) is 0 Å². The molecule has 8 nitrogen and oxygen atoms in total. The number of methoxy groups -OCH3 is 1. The number of amides is 2. The van der Waals surface area contributed by atoms with E-state index in [0.29, 0.717) is 31.3 Å². The number of rotatable bonds is 4. The monoisotopic (exact) mass is 323 g/mol. The van der Waals surface area contributed by atoms with Crippen LogP contribution in [0.3, 0.4) is 0 Å². The lowest BCUT2D eigenvalue weighted by Crippen LogP contribution is -2.42. The van der Waals surface area contributed by atoms with E-state index in [1.807, 2.05) is 20.8 Å².